The largest absolute Gasteiger partial charge is 0.385 e. The molecule has 0 aliphatic carbocycles. The second-order valence-corrected chi connectivity index (χ2v) is 5.20. The third-order valence-corrected chi connectivity index (χ3v) is 3.64. The monoisotopic (exact) mass is 324 g/mol. The van der Waals surface area contributed by atoms with Gasteiger partial charge in [0, 0.05) is 24.0 Å². The van der Waals surface area contributed by atoms with Crippen molar-refractivity contribution in [2.45, 2.75) is 12.8 Å². The lowest BCUT2D eigenvalue weighted by atomic mass is 10.0. The molecule has 120 valence electrons. The standard InChI is InChI=1S/C16H12F4N2O/c17-10-7-11(18)15(20)13(14(10)19)16(23)22-9-4-3-8-2-1-5-21-12(8)6-9/h3-4,6-7,21H,1-2,5H2,(H,22,23). The summed E-state index contributed by atoms with van der Waals surface area (Å²) in [6, 6.07) is 5.01. The molecule has 0 unspecified atom stereocenters. The van der Waals surface area contributed by atoms with Crippen molar-refractivity contribution in [3.05, 3.63) is 58.7 Å². The van der Waals surface area contributed by atoms with E-state index in [0.717, 1.165) is 30.6 Å². The number of nitrogens with one attached hydrogen (secondary N) is 2. The van der Waals surface area contributed by atoms with Crippen LogP contribution in [0.2, 0.25) is 0 Å². The number of hydrogen-bond acceptors (Lipinski definition) is 2. The van der Waals surface area contributed by atoms with Gasteiger partial charge >= 0.3 is 0 Å². The second kappa shape index (κ2) is 5.91. The summed E-state index contributed by atoms with van der Waals surface area (Å²) in [5.74, 6) is -7.95. The molecular formula is C16H12F4N2O. The van der Waals surface area contributed by atoms with Crippen LogP contribution in [0.5, 0.6) is 0 Å². The van der Waals surface area contributed by atoms with E-state index in [1.165, 1.54) is 0 Å². The van der Waals surface area contributed by atoms with Crippen LogP contribution < -0.4 is 10.6 Å². The van der Waals surface area contributed by atoms with Crippen LogP contribution in [0, 0.1) is 23.3 Å². The number of benzene rings is 2. The van der Waals surface area contributed by atoms with E-state index in [1.807, 2.05) is 0 Å². The fourth-order valence-corrected chi connectivity index (χ4v) is 2.50. The maximum Gasteiger partial charge on any atom is 0.261 e. The summed E-state index contributed by atoms with van der Waals surface area (Å²) in [7, 11) is 0. The van der Waals surface area contributed by atoms with Crippen molar-refractivity contribution < 1.29 is 22.4 Å². The average Bonchev–Trinajstić information content (AvgIpc) is 2.53. The summed E-state index contributed by atoms with van der Waals surface area (Å²) in [5, 5.41) is 5.39. The highest BCUT2D eigenvalue weighted by molar-refractivity contribution is 6.05. The van der Waals surface area contributed by atoms with Gasteiger partial charge in [0.25, 0.3) is 5.91 Å². The summed E-state index contributed by atoms with van der Waals surface area (Å²) in [6.07, 6.45) is 1.87. The van der Waals surface area contributed by atoms with E-state index in [2.05, 4.69) is 10.6 Å². The third-order valence-electron chi connectivity index (χ3n) is 3.64. The van der Waals surface area contributed by atoms with E-state index in [1.54, 1.807) is 18.2 Å². The van der Waals surface area contributed by atoms with E-state index < -0.39 is 34.7 Å². The zero-order chi connectivity index (χ0) is 16.6. The molecule has 0 saturated carbocycles. The van der Waals surface area contributed by atoms with Crippen molar-refractivity contribution in [2.24, 2.45) is 0 Å². The lowest BCUT2D eigenvalue weighted by Crippen LogP contribution is -2.18. The average molecular weight is 324 g/mol. The van der Waals surface area contributed by atoms with Crippen LogP contribution in [0.1, 0.15) is 22.3 Å². The van der Waals surface area contributed by atoms with Crippen LogP contribution in [0.25, 0.3) is 0 Å². The van der Waals surface area contributed by atoms with Gasteiger partial charge in [0.05, 0.1) is 0 Å². The molecule has 0 atom stereocenters. The summed E-state index contributed by atoms with van der Waals surface area (Å²) in [4.78, 5) is 12.0. The summed E-state index contributed by atoms with van der Waals surface area (Å²) < 4.78 is 53.6. The predicted octanol–water partition coefficient (Wildman–Crippen LogP) is 3.85. The van der Waals surface area contributed by atoms with Crippen molar-refractivity contribution in [1.82, 2.24) is 0 Å². The minimum absolute atomic E-state index is 0.0598. The maximum atomic E-state index is 13.6. The van der Waals surface area contributed by atoms with E-state index in [-0.39, 0.29) is 11.8 Å². The Morgan fingerprint density at radius 3 is 2.43 bits per heavy atom. The molecule has 2 aromatic carbocycles. The van der Waals surface area contributed by atoms with Crippen molar-refractivity contribution in [2.75, 3.05) is 17.2 Å². The lowest BCUT2D eigenvalue weighted by Gasteiger charge is -2.19. The van der Waals surface area contributed by atoms with Gasteiger partial charge in [0.2, 0.25) is 0 Å². The number of anilines is 2. The zero-order valence-corrected chi connectivity index (χ0v) is 11.9. The van der Waals surface area contributed by atoms with Crippen LogP contribution >= 0.6 is 0 Å². The molecule has 0 spiro atoms. The smallest absolute Gasteiger partial charge is 0.261 e. The Labute approximate surface area is 129 Å². The molecule has 1 amide bonds. The molecule has 1 aliphatic rings. The Bertz CT molecular complexity index is 766. The first kappa shape index (κ1) is 15.3. The SMILES string of the molecule is O=C(Nc1ccc2c(c1)NCCC2)c1c(F)c(F)cc(F)c1F. The summed E-state index contributed by atoms with van der Waals surface area (Å²) >= 11 is 0. The normalized spacial score (nSPS) is 13.2. The molecule has 0 radical (unpaired) electrons. The van der Waals surface area contributed by atoms with E-state index >= 15 is 0 Å². The van der Waals surface area contributed by atoms with Crippen LogP contribution in [-0.2, 0) is 6.42 Å². The van der Waals surface area contributed by atoms with E-state index in [4.69, 9.17) is 0 Å². The highest BCUT2D eigenvalue weighted by Gasteiger charge is 2.25. The number of carbonyl (C=O) groups excluding carboxylic acids is 1. The van der Waals surface area contributed by atoms with Crippen molar-refractivity contribution in [1.29, 1.82) is 0 Å². The first-order valence-electron chi connectivity index (χ1n) is 6.98. The number of aryl methyl sites for hydroxylation is 1. The van der Waals surface area contributed by atoms with Crippen molar-refractivity contribution >= 4 is 17.3 Å². The van der Waals surface area contributed by atoms with Crippen LogP contribution in [0.4, 0.5) is 28.9 Å². The predicted molar refractivity (Wildman–Crippen MR) is 77.5 cm³/mol. The second-order valence-electron chi connectivity index (χ2n) is 5.20. The Hall–Kier alpha value is -2.57. The van der Waals surface area contributed by atoms with Gasteiger partial charge in [0.1, 0.15) is 5.56 Å². The first-order chi connectivity index (χ1) is 11.0. The number of fused-ring (bicyclic) bond motifs is 1. The van der Waals surface area contributed by atoms with Crippen molar-refractivity contribution in [3.63, 3.8) is 0 Å². The molecule has 23 heavy (non-hydrogen) atoms. The molecule has 3 nitrogen and oxygen atoms in total. The fraction of sp³-hybridized carbons (Fsp3) is 0.188. The minimum atomic E-state index is -1.72. The number of amides is 1. The lowest BCUT2D eigenvalue weighted by molar-refractivity contribution is 0.101. The topological polar surface area (TPSA) is 41.1 Å². The molecule has 0 fully saturated rings. The Balaban J connectivity index is 1.91. The fourth-order valence-electron chi connectivity index (χ4n) is 2.50. The Kier molecular flexibility index (Phi) is 3.94. The Morgan fingerprint density at radius 2 is 1.74 bits per heavy atom. The van der Waals surface area contributed by atoms with Crippen molar-refractivity contribution in [3.8, 4) is 0 Å². The van der Waals surface area contributed by atoms with Gasteiger partial charge in [0.15, 0.2) is 23.3 Å². The van der Waals surface area contributed by atoms with Gasteiger partial charge in [-0.3, -0.25) is 4.79 Å². The molecule has 1 aliphatic heterocycles. The molecular weight excluding hydrogens is 312 g/mol. The molecule has 2 aromatic rings. The highest BCUT2D eigenvalue weighted by atomic mass is 19.2. The molecule has 0 aromatic heterocycles. The van der Waals surface area contributed by atoms with Gasteiger partial charge in [-0.15, -0.1) is 0 Å². The van der Waals surface area contributed by atoms with Crippen LogP contribution in [-0.4, -0.2) is 12.5 Å². The molecule has 7 heteroatoms. The summed E-state index contributed by atoms with van der Waals surface area (Å²) in [6.45, 7) is 0.781. The van der Waals surface area contributed by atoms with Crippen LogP contribution in [0.3, 0.4) is 0 Å². The third kappa shape index (κ3) is 2.86. The number of carbonyl (C=O) groups is 1. The number of rotatable bonds is 2. The summed E-state index contributed by atoms with van der Waals surface area (Å²) in [5.41, 5.74) is 0.851. The molecule has 0 saturated heterocycles. The van der Waals surface area contributed by atoms with Crippen LogP contribution in [0.15, 0.2) is 24.3 Å². The highest BCUT2D eigenvalue weighted by Crippen LogP contribution is 2.26. The van der Waals surface area contributed by atoms with Gasteiger partial charge in [-0.25, -0.2) is 17.6 Å². The number of halogens is 4. The van der Waals surface area contributed by atoms with E-state index in [9.17, 15) is 22.4 Å². The quantitative estimate of drug-likeness (QED) is 0.651. The first-order valence-corrected chi connectivity index (χ1v) is 6.98. The van der Waals surface area contributed by atoms with Gasteiger partial charge in [-0.05, 0) is 30.5 Å². The van der Waals surface area contributed by atoms with Gasteiger partial charge in [-0.1, -0.05) is 6.07 Å². The van der Waals surface area contributed by atoms with Gasteiger partial charge in [-0.2, -0.15) is 0 Å². The van der Waals surface area contributed by atoms with Gasteiger partial charge < -0.3 is 10.6 Å². The minimum Gasteiger partial charge on any atom is -0.385 e. The maximum absolute atomic E-state index is 13.6. The molecule has 2 N–H and O–H groups in total. The Morgan fingerprint density at radius 1 is 1.04 bits per heavy atom. The molecule has 0 bridgehead atoms. The van der Waals surface area contributed by atoms with E-state index in [0.29, 0.717) is 0 Å². The number of hydrogen-bond donors (Lipinski definition) is 2. The molecule has 3 rings (SSSR count). The molecule has 1 heterocycles. The zero-order valence-electron chi connectivity index (χ0n) is 11.9.